The van der Waals surface area contributed by atoms with Gasteiger partial charge in [-0.05, 0) is 26.0 Å². The van der Waals surface area contributed by atoms with Gasteiger partial charge in [0, 0.05) is 16.8 Å². The Kier molecular flexibility index (Phi) is 28.8. The van der Waals surface area contributed by atoms with Gasteiger partial charge < -0.3 is 9.05 Å². The van der Waals surface area contributed by atoms with Crippen LogP contribution in [0.5, 0.6) is 0 Å². The first-order valence-electron chi connectivity index (χ1n) is 5.29. The average molecular weight is 357 g/mol. The molecule has 0 aliphatic heterocycles. The van der Waals surface area contributed by atoms with Gasteiger partial charge in [0.1, 0.15) is 0 Å². The van der Waals surface area contributed by atoms with E-state index in [-0.39, 0.29) is 16.8 Å². The SMILES string of the molecule is CCOP(=O)(OCC)c1ccccc1.[C-]#[O+].[C-]#[O+].[C-]#[O+].[Co]. The first-order chi connectivity index (χ1) is 9.73. The Balaban J connectivity index is -0.000000183. The van der Waals surface area contributed by atoms with Crippen LogP contribution >= 0.6 is 7.60 Å². The predicted molar refractivity (Wildman–Crippen MR) is 68.7 cm³/mol. The molecule has 0 bridgehead atoms. The summed E-state index contributed by atoms with van der Waals surface area (Å²) in [5.74, 6) is 0. The molecule has 0 saturated heterocycles. The van der Waals surface area contributed by atoms with Crippen LogP contribution in [0.1, 0.15) is 13.8 Å². The third-order valence-electron chi connectivity index (χ3n) is 1.67. The maximum atomic E-state index is 12.2. The summed E-state index contributed by atoms with van der Waals surface area (Å²) in [5.41, 5.74) is 0. The Labute approximate surface area is 135 Å². The average Bonchev–Trinajstić information content (AvgIpc) is 2.54. The molecular weight excluding hydrogens is 342 g/mol. The van der Waals surface area contributed by atoms with Crippen LogP contribution in [-0.2, 0) is 44.3 Å². The van der Waals surface area contributed by atoms with Crippen molar-refractivity contribution in [2.75, 3.05) is 13.2 Å². The number of hydrogen-bond acceptors (Lipinski definition) is 3. The van der Waals surface area contributed by atoms with Gasteiger partial charge >= 0.3 is 41.5 Å². The van der Waals surface area contributed by atoms with E-state index in [2.05, 4.69) is 20.0 Å². The van der Waals surface area contributed by atoms with Crippen LogP contribution in [0.15, 0.2) is 30.3 Å². The summed E-state index contributed by atoms with van der Waals surface area (Å²) in [4.78, 5) is 0. The molecule has 0 atom stereocenters. The molecule has 1 radical (unpaired) electrons. The summed E-state index contributed by atoms with van der Waals surface area (Å²) in [6.45, 7) is 17.9. The van der Waals surface area contributed by atoms with Crippen LogP contribution in [0.25, 0.3) is 0 Å². The van der Waals surface area contributed by atoms with Crippen molar-refractivity contribution in [2.24, 2.45) is 0 Å². The maximum absolute atomic E-state index is 12.2. The summed E-state index contributed by atoms with van der Waals surface area (Å²) < 4.78 is 45.0. The largest absolute Gasteiger partial charge is 0 e. The first-order valence-corrected chi connectivity index (χ1v) is 6.83. The molecule has 0 aliphatic rings. The Bertz CT molecular complexity index is 405. The molecule has 0 saturated carbocycles. The molecule has 1 rings (SSSR count). The minimum absolute atomic E-state index is 0. The third-order valence-corrected chi connectivity index (χ3v) is 3.80. The second-order valence-corrected chi connectivity index (χ2v) is 4.70. The van der Waals surface area contributed by atoms with Gasteiger partial charge in [0.25, 0.3) is 0 Å². The normalized spacial score (nSPS) is 8.00. The first kappa shape index (κ1) is 28.3. The fourth-order valence-corrected chi connectivity index (χ4v) is 2.73. The quantitative estimate of drug-likeness (QED) is 0.460. The van der Waals surface area contributed by atoms with Crippen LogP contribution in [0.2, 0.25) is 0 Å². The van der Waals surface area contributed by atoms with Crippen molar-refractivity contribution >= 4 is 12.9 Å². The van der Waals surface area contributed by atoms with E-state index >= 15 is 0 Å². The molecule has 0 aromatic heterocycles. The van der Waals surface area contributed by atoms with E-state index in [0.29, 0.717) is 18.5 Å². The number of hydrogen-bond donors (Lipinski definition) is 0. The zero-order valence-corrected chi connectivity index (χ0v) is 13.5. The summed E-state index contributed by atoms with van der Waals surface area (Å²) in [6, 6.07) is 9.02. The Morgan fingerprint density at radius 2 is 1.24 bits per heavy atom. The summed E-state index contributed by atoms with van der Waals surface area (Å²) in [6.07, 6.45) is 0. The third kappa shape index (κ3) is 12.5. The molecule has 0 fully saturated rings. The summed E-state index contributed by atoms with van der Waals surface area (Å²) in [7, 11) is -3.07. The molecule has 1 aromatic rings. The Morgan fingerprint density at radius 3 is 1.52 bits per heavy atom. The second kappa shape index (κ2) is 21.4. The van der Waals surface area contributed by atoms with Gasteiger partial charge in [-0.15, -0.1) is 0 Å². The van der Waals surface area contributed by atoms with Crippen LogP contribution in [0.3, 0.4) is 0 Å². The van der Waals surface area contributed by atoms with Crippen molar-refractivity contribution in [1.29, 1.82) is 0 Å². The summed E-state index contributed by atoms with van der Waals surface area (Å²) in [5, 5.41) is 0.615. The fraction of sp³-hybridized carbons (Fsp3) is 0.308. The van der Waals surface area contributed by atoms with E-state index in [9.17, 15) is 4.57 Å². The van der Waals surface area contributed by atoms with Crippen molar-refractivity contribution in [1.82, 2.24) is 0 Å². The van der Waals surface area contributed by atoms with Crippen molar-refractivity contribution in [3.05, 3.63) is 50.3 Å². The van der Waals surface area contributed by atoms with Gasteiger partial charge in [0.2, 0.25) is 0 Å². The van der Waals surface area contributed by atoms with Gasteiger partial charge in [-0.2, -0.15) is 0 Å². The zero-order valence-electron chi connectivity index (χ0n) is 11.5. The molecule has 1 aromatic carbocycles. The molecule has 0 unspecified atom stereocenters. The van der Waals surface area contributed by atoms with E-state index < -0.39 is 7.60 Å². The van der Waals surface area contributed by atoms with E-state index in [1.807, 2.05) is 18.2 Å². The monoisotopic (exact) mass is 357 g/mol. The van der Waals surface area contributed by atoms with E-state index in [4.69, 9.17) is 23.0 Å². The van der Waals surface area contributed by atoms with Crippen molar-refractivity contribution in [3.63, 3.8) is 0 Å². The fourth-order valence-electron chi connectivity index (χ4n) is 1.14. The Hall–Kier alpha value is -0.904. The van der Waals surface area contributed by atoms with Gasteiger partial charge in [-0.25, -0.2) is 0 Å². The van der Waals surface area contributed by atoms with Gasteiger partial charge in [-0.3, -0.25) is 4.57 Å². The van der Waals surface area contributed by atoms with Gasteiger partial charge in [0.15, 0.2) is 0 Å². The molecule has 0 heterocycles. The molecule has 0 amide bonds. The van der Waals surface area contributed by atoms with E-state index in [0.717, 1.165) is 0 Å². The molecule has 21 heavy (non-hydrogen) atoms. The Morgan fingerprint density at radius 1 is 0.905 bits per heavy atom. The van der Waals surface area contributed by atoms with E-state index in [1.165, 1.54) is 0 Å². The van der Waals surface area contributed by atoms with Gasteiger partial charge in [0.05, 0.1) is 18.5 Å². The maximum Gasteiger partial charge on any atom is 0 e. The van der Waals surface area contributed by atoms with Crippen LogP contribution in [0, 0.1) is 20.0 Å². The van der Waals surface area contributed by atoms with Crippen molar-refractivity contribution in [3.8, 4) is 0 Å². The molecule has 8 heteroatoms. The molecule has 0 N–H and O–H groups in total. The summed E-state index contributed by atoms with van der Waals surface area (Å²) >= 11 is 0. The molecule has 6 nitrogen and oxygen atoms in total. The minimum atomic E-state index is -3.07. The second-order valence-electron chi connectivity index (χ2n) is 2.67. The topological polar surface area (TPSA) is 95.2 Å². The number of rotatable bonds is 5. The van der Waals surface area contributed by atoms with Gasteiger partial charge in [-0.1, -0.05) is 18.2 Å². The molecule has 117 valence electrons. The van der Waals surface area contributed by atoms with Crippen LogP contribution in [-0.4, -0.2) is 13.2 Å². The standard InChI is InChI=1S/C10H15O3P.3CO.Co/c1-3-12-14(11,13-4-2)10-8-6-5-7-9-10;3*1-2;/h5-9H,3-4H2,1-2H3;;;;. The van der Waals surface area contributed by atoms with Crippen molar-refractivity contribution < 1.29 is 44.3 Å². The van der Waals surface area contributed by atoms with Crippen LogP contribution < -0.4 is 5.30 Å². The van der Waals surface area contributed by atoms with E-state index in [1.54, 1.807) is 26.0 Å². The molecule has 0 spiro atoms. The molecular formula is C13H15CoO6P. The minimum Gasteiger partial charge on any atom is 0 e. The predicted octanol–water partition coefficient (Wildman–Crippen LogP) is 2.46. The zero-order chi connectivity index (χ0) is 16.4. The van der Waals surface area contributed by atoms with Crippen molar-refractivity contribution in [2.45, 2.75) is 13.8 Å². The molecule has 0 aliphatic carbocycles. The number of benzene rings is 1. The smallest absolute Gasteiger partial charge is 0 e. The van der Waals surface area contributed by atoms with Crippen LogP contribution in [0.4, 0.5) is 0 Å².